The Morgan fingerprint density at radius 3 is 2.46 bits per heavy atom. The van der Waals surface area contributed by atoms with Crippen LogP contribution in [-0.4, -0.2) is 17.7 Å². The Balaban J connectivity index is 1.91. The standard InChI is InChI=1S/C20H19ClN2O3/c1-2-13-7-9-14(10-8-13)22-20(25)19-18(23-17(24)11-12-21)15-5-3-4-6-16(15)26-19/h3-10H,2,11-12H2,1H3,(H,22,25)(H,23,24). The van der Waals surface area contributed by atoms with Crippen LogP contribution in [0.2, 0.25) is 0 Å². The fourth-order valence-electron chi connectivity index (χ4n) is 2.63. The number of carbonyl (C=O) groups is 2. The lowest BCUT2D eigenvalue weighted by Gasteiger charge is -2.07. The summed E-state index contributed by atoms with van der Waals surface area (Å²) in [6, 6.07) is 14.8. The van der Waals surface area contributed by atoms with Crippen LogP contribution in [0.15, 0.2) is 52.9 Å². The van der Waals surface area contributed by atoms with Gasteiger partial charge in [0.15, 0.2) is 0 Å². The summed E-state index contributed by atoms with van der Waals surface area (Å²) in [4.78, 5) is 24.7. The van der Waals surface area contributed by atoms with Gasteiger partial charge in [-0.15, -0.1) is 11.6 Å². The number of fused-ring (bicyclic) bond motifs is 1. The predicted molar refractivity (Wildman–Crippen MR) is 104 cm³/mol. The highest BCUT2D eigenvalue weighted by Crippen LogP contribution is 2.31. The number of rotatable bonds is 6. The molecule has 0 aliphatic rings. The van der Waals surface area contributed by atoms with E-state index in [4.69, 9.17) is 16.0 Å². The van der Waals surface area contributed by atoms with Crippen LogP contribution < -0.4 is 10.6 Å². The summed E-state index contributed by atoms with van der Waals surface area (Å²) in [6.07, 6.45) is 1.08. The topological polar surface area (TPSA) is 71.3 Å². The zero-order valence-electron chi connectivity index (χ0n) is 14.3. The van der Waals surface area contributed by atoms with Gasteiger partial charge in [-0.3, -0.25) is 9.59 Å². The van der Waals surface area contributed by atoms with Crippen molar-refractivity contribution in [3.8, 4) is 0 Å². The van der Waals surface area contributed by atoms with Crippen molar-refractivity contribution in [3.63, 3.8) is 0 Å². The number of anilines is 2. The summed E-state index contributed by atoms with van der Waals surface area (Å²) in [5, 5.41) is 6.22. The molecule has 1 heterocycles. The monoisotopic (exact) mass is 370 g/mol. The second-order valence-corrected chi connectivity index (χ2v) is 6.17. The van der Waals surface area contributed by atoms with Gasteiger partial charge in [-0.05, 0) is 36.2 Å². The normalized spacial score (nSPS) is 10.7. The van der Waals surface area contributed by atoms with Crippen LogP contribution >= 0.6 is 11.6 Å². The second kappa shape index (κ2) is 8.06. The number of amides is 2. The van der Waals surface area contributed by atoms with Crippen molar-refractivity contribution < 1.29 is 14.0 Å². The van der Waals surface area contributed by atoms with Crippen LogP contribution in [0.4, 0.5) is 11.4 Å². The van der Waals surface area contributed by atoms with Gasteiger partial charge in [-0.25, -0.2) is 0 Å². The van der Waals surface area contributed by atoms with Crippen LogP contribution in [-0.2, 0) is 11.2 Å². The van der Waals surface area contributed by atoms with Crippen molar-refractivity contribution in [2.45, 2.75) is 19.8 Å². The Bertz CT molecular complexity index is 932. The lowest BCUT2D eigenvalue weighted by molar-refractivity contribution is -0.115. The summed E-state index contributed by atoms with van der Waals surface area (Å²) in [7, 11) is 0. The van der Waals surface area contributed by atoms with E-state index in [1.165, 1.54) is 5.56 Å². The van der Waals surface area contributed by atoms with Gasteiger partial charge < -0.3 is 15.1 Å². The van der Waals surface area contributed by atoms with Crippen molar-refractivity contribution in [3.05, 3.63) is 59.9 Å². The number of aryl methyl sites for hydroxylation is 1. The largest absolute Gasteiger partial charge is 0.449 e. The van der Waals surface area contributed by atoms with Crippen molar-refractivity contribution in [2.24, 2.45) is 0 Å². The molecule has 3 aromatic rings. The highest BCUT2D eigenvalue weighted by Gasteiger charge is 2.22. The van der Waals surface area contributed by atoms with Crippen molar-refractivity contribution in [1.29, 1.82) is 0 Å². The number of nitrogens with one attached hydrogen (secondary N) is 2. The fraction of sp³-hybridized carbons (Fsp3) is 0.200. The molecule has 0 bridgehead atoms. The molecular weight excluding hydrogens is 352 g/mol. The van der Waals surface area contributed by atoms with Crippen molar-refractivity contribution >= 4 is 45.8 Å². The number of para-hydroxylation sites is 1. The van der Waals surface area contributed by atoms with Crippen molar-refractivity contribution in [1.82, 2.24) is 0 Å². The van der Waals surface area contributed by atoms with E-state index in [2.05, 4.69) is 17.6 Å². The van der Waals surface area contributed by atoms with E-state index in [-0.39, 0.29) is 24.0 Å². The van der Waals surface area contributed by atoms with E-state index in [1.807, 2.05) is 30.3 Å². The number of hydrogen-bond donors (Lipinski definition) is 2. The van der Waals surface area contributed by atoms with Gasteiger partial charge >= 0.3 is 0 Å². The molecule has 0 spiro atoms. The maximum absolute atomic E-state index is 12.7. The molecule has 0 fully saturated rings. The van der Waals surface area contributed by atoms with Crippen LogP contribution in [0, 0.1) is 0 Å². The maximum Gasteiger partial charge on any atom is 0.293 e. The molecule has 0 saturated heterocycles. The molecule has 0 saturated carbocycles. The minimum atomic E-state index is -0.424. The van der Waals surface area contributed by atoms with E-state index in [9.17, 15) is 9.59 Å². The molecule has 2 amide bonds. The van der Waals surface area contributed by atoms with Gasteiger partial charge in [-0.2, -0.15) is 0 Å². The third-order valence-electron chi connectivity index (χ3n) is 4.01. The molecular formula is C20H19ClN2O3. The zero-order chi connectivity index (χ0) is 18.5. The third kappa shape index (κ3) is 3.89. The van der Waals surface area contributed by atoms with Gasteiger partial charge in [0, 0.05) is 23.4 Å². The molecule has 1 aromatic heterocycles. The first-order chi connectivity index (χ1) is 12.6. The van der Waals surface area contributed by atoms with Gasteiger partial charge in [0.1, 0.15) is 11.3 Å². The Kier molecular flexibility index (Phi) is 5.58. The molecule has 5 nitrogen and oxygen atoms in total. The van der Waals surface area contributed by atoms with Gasteiger partial charge in [0.25, 0.3) is 5.91 Å². The molecule has 3 rings (SSSR count). The number of furan rings is 1. The average molecular weight is 371 g/mol. The Labute approximate surface area is 156 Å². The fourth-order valence-corrected chi connectivity index (χ4v) is 2.80. The van der Waals surface area contributed by atoms with E-state index < -0.39 is 5.91 Å². The van der Waals surface area contributed by atoms with Gasteiger partial charge in [0.05, 0.1) is 0 Å². The summed E-state index contributed by atoms with van der Waals surface area (Å²) >= 11 is 5.63. The highest BCUT2D eigenvalue weighted by molar-refractivity contribution is 6.20. The van der Waals surface area contributed by atoms with E-state index in [0.717, 1.165) is 6.42 Å². The van der Waals surface area contributed by atoms with E-state index in [1.54, 1.807) is 18.2 Å². The Morgan fingerprint density at radius 2 is 1.77 bits per heavy atom. The molecule has 0 aliphatic carbocycles. The number of alkyl halides is 1. The summed E-state index contributed by atoms with van der Waals surface area (Å²) in [5.41, 5.74) is 2.73. The molecule has 0 atom stereocenters. The van der Waals surface area contributed by atoms with E-state index >= 15 is 0 Å². The van der Waals surface area contributed by atoms with Crippen LogP contribution in [0.5, 0.6) is 0 Å². The summed E-state index contributed by atoms with van der Waals surface area (Å²) in [5.74, 6) is -0.430. The zero-order valence-corrected chi connectivity index (χ0v) is 15.1. The second-order valence-electron chi connectivity index (χ2n) is 5.79. The molecule has 0 unspecified atom stereocenters. The molecule has 2 N–H and O–H groups in total. The minimum Gasteiger partial charge on any atom is -0.449 e. The number of benzene rings is 2. The quantitative estimate of drug-likeness (QED) is 0.611. The van der Waals surface area contributed by atoms with Crippen LogP contribution in [0.3, 0.4) is 0 Å². The first-order valence-corrected chi connectivity index (χ1v) is 8.93. The highest BCUT2D eigenvalue weighted by atomic mass is 35.5. The molecule has 0 radical (unpaired) electrons. The molecule has 2 aromatic carbocycles. The SMILES string of the molecule is CCc1ccc(NC(=O)c2oc3ccccc3c2NC(=O)CCCl)cc1. The third-order valence-corrected chi connectivity index (χ3v) is 4.20. The molecule has 0 aliphatic heterocycles. The Morgan fingerprint density at radius 1 is 1.04 bits per heavy atom. The number of carbonyl (C=O) groups excluding carboxylic acids is 2. The van der Waals surface area contributed by atoms with Gasteiger partial charge in [-0.1, -0.05) is 31.2 Å². The lowest BCUT2D eigenvalue weighted by atomic mass is 10.1. The minimum absolute atomic E-state index is 0.0636. The van der Waals surface area contributed by atoms with Crippen molar-refractivity contribution in [2.75, 3.05) is 16.5 Å². The number of hydrogen-bond acceptors (Lipinski definition) is 3. The average Bonchev–Trinajstić information content (AvgIpc) is 3.01. The first kappa shape index (κ1) is 18.0. The molecule has 6 heteroatoms. The summed E-state index contributed by atoms with van der Waals surface area (Å²) in [6.45, 7) is 2.07. The number of halogens is 1. The van der Waals surface area contributed by atoms with Crippen LogP contribution in [0.25, 0.3) is 11.0 Å². The first-order valence-electron chi connectivity index (χ1n) is 8.40. The smallest absolute Gasteiger partial charge is 0.293 e. The van der Waals surface area contributed by atoms with Gasteiger partial charge in [0.2, 0.25) is 11.7 Å². The predicted octanol–water partition coefficient (Wildman–Crippen LogP) is 4.81. The van der Waals surface area contributed by atoms with Crippen LogP contribution in [0.1, 0.15) is 29.5 Å². The molecule has 134 valence electrons. The summed E-state index contributed by atoms with van der Waals surface area (Å²) < 4.78 is 5.70. The lowest BCUT2D eigenvalue weighted by Crippen LogP contribution is -2.17. The maximum atomic E-state index is 12.7. The molecule has 26 heavy (non-hydrogen) atoms. The van der Waals surface area contributed by atoms with E-state index in [0.29, 0.717) is 22.3 Å². The Hall–Kier alpha value is -2.79.